The molecule has 1 amide bonds. The number of rotatable bonds is 2. The maximum atomic E-state index is 13.0. The van der Waals surface area contributed by atoms with Gasteiger partial charge in [0.2, 0.25) is 5.91 Å². The molecule has 1 saturated heterocycles. The first-order valence-electron chi connectivity index (χ1n) is 12.1. The van der Waals surface area contributed by atoms with Crippen molar-refractivity contribution in [1.29, 1.82) is 0 Å². The van der Waals surface area contributed by atoms with E-state index >= 15 is 0 Å². The van der Waals surface area contributed by atoms with E-state index in [9.17, 15) is 18.0 Å². The predicted octanol–water partition coefficient (Wildman–Crippen LogP) is 4.40. The van der Waals surface area contributed by atoms with Gasteiger partial charge in [-0.3, -0.25) is 4.79 Å². The van der Waals surface area contributed by atoms with Gasteiger partial charge in [-0.25, -0.2) is 4.98 Å². The van der Waals surface area contributed by atoms with Crippen LogP contribution in [0, 0.1) is 5.92 Å². The van der Waals surface area contributed by atoms with E-state index in [-0.39, 0.29) is 18.1 Å². The minimum Gasteiger partial charge on any atom is -0.392 e. The van der Waals surface area contributed by atoms with Gasteiger partial charge in [-0.2, -0.15) is 13.2 Å². The Morgan fingerprint density at radius 2 is 1.97 bits per heavy atom. The van der Waals surface area contributed by atoms with E-state index in [0.29, 0.717) is 31.0 Å². The molecule has 190 valence electrons. The van der Waals surface area contributed by atoms with Crippen LogP contribution in [0.15, 0.2) is 24.3 Å². The molecule has 9 heteroatoms. The third-order valence-electron chi connectivity index (χ3n) is 7.19. The largest absolute Gasteiger partial charge is 0.416 e. The molecule has 3 aliphatic rings. The van der Waals surface area contributed by atoms with Crippen molar-refractivity contribution in [3.63, 3.8) is 0 Å². The SMILES string of the molecule is C[C@H]1CCCCN1C(=O)[C@H]1CCc2nc(N)c3c(c2C1)COC3.OCc1cccc(C(F)(F)F)c1. The number of fused-ring (bicyclic) bond motifs is 3. The number of carbonyl (C=O) groups is 1. The lowest BCUT2D eigenvalue weighted by Crippen LogP contribution is -2.46. The summed E-state index contributed by atoms with van der Waals surface area (Å²) in [7, 11) is 0. The normalized spacial score (nSPS) is 21.6. The highest BCUT2D eigenvalue weighted by molar-refractivity contribution is 5.80. The van der Waals surface area contributed by atoms with Crippen LogP contribution in [0.2, 0.25) is 0 Å². The van der Waals surface area contributed by atoms with E-state index in [1.54, 1.807) is 0 Å². The monoisotopic (exact) mass is 491 g/mol. The van der Waals surface area contributed by atoms with Crippen molar-refractivity contribution in [1.82, 2.24) is 9.88 Å². The Morgan fingerprint density at radius 1 is 1.20 bits per heavy atom. The maximum Gasteiger partial charge on any atom is 0.416 e. The predicted molar refractivity (Wildman–Crippen MR) is 125 cm³/mol. The molecule has 1 fully saturated rings. The lowest BCUT2D eigenvalue weighted by atomic mass is 9.82. The fourth-order valence-corrected chi connectivity index (χ4v) is 5.21. The molecular formula is C26H32F3N3O3. The number of anilines is 1. The first-order valence-corrected chi connectivity index (χ1v) is 12.1. The van der Waals surface area contributed by atoms with E-state index in [2.05, 4.69) is 16.8 Å². The molecule has 1 aliphatic carbocycles. The first-order chi connectivity index (χ1) is 16.7. The molecular weight excluding hydrogens is 459 g/mol. The smallest absolute Gasteiger partial charge is 0.392 e. The van der Waals surface area contributed by atoms with Crippen LogP contribution in [0.3, 0.4) is 0 Å². The maximum absolute atomic E-state index is 13.0. The summed E-state index contributed by atoms with van der Waals surface area (Å²) < 4.78 is 41.6. The molecule has 0 unspecified atom stereocenters. The Balaban J connectivity index is 0.000000204. The number of likely N-dealkylation sites (tertiary alicyclic amines) is 1. The van der Waals surface area contributed by atoms with Gasteiger partial charge in [0, 0.05) is 29.8 Å². The molecule has 0 radical (unpaired) electrons. The van der Waals surface area contributed by atoms with Crippen LogP contribution in [0.25, 0.3) is 0 Å². The standard InChI is InChI=1S/C18H25N3O2.C8H7F3O/c1-11-4-2-3-7-21(11)18(22)12-5-6-16-13(8-12)14-9-23-10-15(14)17(19)20-16;9-8(10,11)7-3-1-2-6(4-7)5-12/h11-12H,2-10H2,1H3,(H2,19,20);1-4,12H,5H2/t11-,12-;/m0./s1. The van der Waals surface area contributed by atoms with Gasteiger partial charge in [-0.05, 0) is 74.3 Å². The average Bonchev–Trinajstić information content (AvgIpc) is 3.35. The van der Waals surface area contributed by atoms with E-state index in [4.69, 9.17) is 15.6 Å². The van der Waals surface area contributed by atoms with Gasteiger partial charge in [0.1, 0.15) is 5.82 Å². The number of pyridine rings is 1. The van der Waals surface area contributed by atoms with Crippen LogP contribution >= 0.6 is 0 Å². The second kappa shape index (κ2) is 10.5. The van der Waals surface area contributed by atoms with Gasteiger partial charge in [0.15, 0.2) is 0 Å². The Kier molecular flexibility index (Phi) is 7.66. The number of aliphatic hydroxyl groups is 1. The quantitative estimate of drug-likeness (QED) is 0.650. The molecule has 2 aromatic rings. The van der Waals surface area contributed by atoms with E-state index < -0.39 is 11.7 Å². The Bertz CT molecular complexity index is 1070. The number of aromatic nitrogens is 1. The van der Waals surface area contributed by atoms with E-state index in [1.165, 1.54) is 29.7 Å². The summed E-state index contributed by atoms with van der Waals surface area (Å²) in [6, 6.07) is 5.00. The molecule has 0 spiro atoms. The van der Waals surface area contributed by atoms with Crippen molar-refractivity contribution in [3.05, 3.63) is 57.8 Å². The number of alkyl halides is 3. The number of hydrogen-bond donors (Lipinski definition) is 2. The summed E-state index contributed by atoms with van der Waals surface area (Å²) in [4.78, 5) is 19.7. The van der Waals surface area contributed by atoms with Crippen molar-refractivity contribution in [2.24, 2.45) is 5.92 Å². The number of piperidine rings is 1. The van der Waals surface area contributed by atoms with Crippen LogP contribution in [0.4, 0.5) is 19.0 Å². The zero-order valence-electron chi connectivity index (χ0n) is 19.9. The number of benzene rings is 1. The number of halogens is 3. The van der Waals surface area contributed by atoms with Gasteiger partial charge < -0.3 is 20.5 Å². The van der Waals surface area contributed by atoms with Gasteiger partial charge in [-0.15, -0.1) is 0 Å². The molecule has 6 nitrogen and oxygen atoms in total. The molecule has 1 aromatic carbocycles. The number of amides is 1. The van der Waals surface area contributed by atoms with Gasteiger partial charge in [-0.1, -0.05) is 12.1 Å². The van der Waals surface area contributed by atoms with Gasteiger partial charge in [0.25, 0.3) is 0 Å². The van der Waals surface area contributed by atoms with Gasteiger partial charge >= 0.3 is 6.18 Å². The summed E-state index contributed by atoms with van der Waals surface area (Å²) in [6.07, 6.45) is 1.73. The topological polar surface area (TPSA) is 88.7 Å². The first kappa shape index (κ1) is 25.4. The Hall–Kier alpha value is -2.65. The van der Waals surface area contributed by atoms with Crippen LogP contribution in [-0.2, 0) is 48.4 Å². The zero-order chi connectivity index (χ0) is 25.2. The number of nitrogen functional groups attached to an aromatic ring is 1. The number of aryl methyl sites for hydroxylation is 1. The van der Waals surface area contributed by atoms with Crippen molar-refractivity contribution < 1.29 is 27.8 Å². The molecule has 1 aromatic heterocycles. The van der Waals surface area contributed by atoms with Crippen LogP contribution in [-0.4, -0.2) is 33.5 Å². The molecule has 0 bridgehead atoms. The minimum atomic E-state index is -4.33. The summed E-state index contributed by atoms with van der Waals surface area (Å²) in [5.74, 6) is 1.05. The van der Waals surface area contributed by atoms with Crippen molar-refractivity contribution >= 4 is 11.7 Å². The molecule has 2 atom stereocenters. The third kappa shape index (κ3) is 5.62. The van der Waals surface area contributed by atoms with E-state index in [0.717, 1.165) is 62.0 Å². The second-order valence-corrected chi connectivity index (χ2v) is 9.54. The number of nitrogens with zero attached hydrogens (tertiary/aromatic N) is 2. The molecule has 5 rings (SSSR count). The fourth-order valence-electron chi connectivity index (χ4n) is 5.21. The number of ether oxygens (including phenoxy) is 1. The molecule has 0 saturated carbocycles. The summed E-state index contributed by atoms with van der Waals surface area (Å²) >= 11 is 0. The Morgan fingerprint density at radius 3 is 2.69 bits per heavy atom. The van der Waals surface area contributed by atoms with Crippen molar-refractivity contribution in [2.75, 3.05) is 12.3 Å². The fraction of sp³-hybridized carbons (Fsp3) is 0.538. The lowest BCUT2D eigenvalue weighted by molar-refractivity contribution is -0.139. The highest BCUT2D eigenvalue weighted by Gasteiger charge is 2.35. The molecule has 3 N–H and O–H groups in total. The van der Waals surface area contributed by atoms with Crippen molar-refractivity contribution in [2.45, 2.75) is 77.5 Å². The minimum absolute atomic E-state index is 0.0955. The van der Waals surface area contributed by atoms with Crippen LogP contribution in [0.5, 0.6) is 0 Å². The second-order valence-electron chi connectivity index (χ2n) is 9.54. The Labute approximate surface area is 203 Å². The molecule has 3 heterocycles. The average molecular weight is 492 g/mol. The van der Waals surface area contributed by atoms with Gasteiger partial charge in [0.05, 0.1) is 25.4 Å². The zero-order valence-corrected chi connectivity index (χ0v) is 19.9. The van der Waals surface area contributed by atoms with Crippen LogP contribution < -0.4 is 5.73 Å². The number of hydrogen-bond acceptors (Lipinski definition) is 5. The number of aliphatic hydroxyl groups excluding tert-OH is 1. The summed E-state index contributed by atoms with van der Waals surface area (Å²) in [6.45, 7) is 3.91. The number of carbonyl (C=O) groups excluding carboxylic acids is 1. The molecule has 35 heavy (non-hydrogen) atoms. The number of nitrogens with two attached hydrogens (primary N) is 1. The van der Waals surface area contributed by atoms with E-state index in [1.807, 2.05) is 0 Å². The highest BCUT2D eigenvalue weighted by Crippen LogP contribution is 2.36. The summed E-state index contributed by atoms with van der Waals surface area (Å²) in [5.41, 5.74) is 10.2. The summed E-state index contributed by atoms with van der Waals surface area (Å²) in [5, 5.41) is 8.56. The van der Waals surface area contributed by atoms with Crippen LogP contribution in [0.1, 0.15) is 66.1 Å². The molecule has 2 aliphatic heterocycles. The van der Waals surface area contributed by atoms with Crippen molar-refractivity contribution in [3.8, 4) is 0 Å². The third-order valence-corrected chi connectivity index (χ3v) is 7.19. The lowest BCUT2D eigenvalue weighted by Gasteiger charge is -2.37. The highest BCUT2D eigenvalue weighted by atomic mass is 19.4.